The normalized spacial score (nSPS) is 20.2. The molecular formula is C13H23IN4S. The highest BCUT2D eigenvalue weighted by atomic mass is 127. The number of nitrogens with two attached hydrogens (primary N) is 1. The quantitative estimate of drug-likeness (QED) is 0.487. The van der Waals surface area contributed by atoms with Crippen molar-refractivity contribution < 1.29 is 0 Å². The van der Waals surface area contributed by atoms with Gasteiger partial charge in [-0.25, -0.2) is 9.98 Å². The van der Waals surface area contributed by atoms with Gasteiger partial charge < -0.3 is 10.6 Å². The number of halogens is 1. The second-order valence-electron chi connectivity index (χ2n) is 4.94. The van der Waals surface area contributed by atoms with Crippen molar-refractivity contribution in [2.24, 2.45) is 16.6 Å². The van der Waals surface area contributed by atoms with Gasteiger partial charge in [-0.1, -0.05) is 13.8 Å². The van der Waals surface area contributed by atoms with Crippen LogP contribution in [0.4, 0.5) is 0 Å². The summed E-state index contributed by atoms with van der Waals surface area (Å²) in [6.07, 6.45) is 5.50. The number of thiazole rings is 1. The number of aliphatic imine (C=N–C) groups is 1. The van der Waals surface area contributed by atoms with Gasteiger partial charge in [0, 0.05) is 24.2 Å². The van der Waals surface area contributed by atoms with E-state index in [0.29, 0.717) is 12.5 Å². The van der Waals surface area contributed by atoms with Crippen LogP contribution in [0.25, 0.3) is 0 Å². The lowest BCUT2D eigenvalue weighted by atomic mass is 10.0. The van der Waals surface area contributed by atoms with Gasteiger partial charge in [0.15, 0.2) is 5.96 Å². The van der Waals surface area contributed by atoms with Gasteiger partial charge in [0.25, 0.3) is 0 Å². The molecule has 4 nitrogen and oxygen atoms in total. The maximum Gasteiger partial charge on any atom is 0.191 e. The fourth-order valence-electron chi connectivity index (χ4n) is 2.23. The minimum absolute atomic E-state index is 0. The minimum atomic E-state index is 0. The summed E-state index contributed by atoms with van der Waals surface area (Å²) in [5.74, 6) is 1.40. The summed E-state index contributed by atoms with van der Waals surface area (Å²) >= 11 is 1.73. The molecule has 2 heterocycles. The highest BCUT2D eigenvalue weighted by Crippen LogP contribution is 2.16. The van der Waals surface area contributed by atoms with Crippen LogP contribution in [0.15, 0.2) is 11.2 Å². The molecule has 0 amide bonds. The Morgan fingerprint density at radius 3 is 3.05 bits per heavy atom. The van der Waals surface area contributed by atoms with Crippen LogP contribution in [0, 0.1) is 5.92 Å². The Balaban J connectivity index is 0.00000180. The molecule has 0 radical (unpaired) electrons. The van der Waals surface area contributed by atoms with E-state index in [0.717, 1.165) is 30.4 Å². The zero-order valence-corrected chi connectivity index (χ0v) is 14.8. The third-order valence-corrected chi connectivity index (χ3v) is 4.43. The van der Waals surface area contributed by atoms with E-state index in [2.05, 4.69) is 28.7 Å². The van der Waals surface area contributed by atoms with Crippen LogP contribution in [0.2, 0.25) is 0 Å². The van der Waals surface area contributed by atoms with Crippen LogP contribution in [0.1, 0.15) is 36.6 Å². The van der Waals surface area contributed by atoms with E-state index in [9.17, 15) is 0 Å². The SMILES string of the molecule is CCc1cnc(CN=C(N)N2CCCC(C)C2)s1.I. The first-order valence-corrected chi connectivity index (χ1v) is 7.49. The summed E-state index contributed by atoms with van der Waals surface area (Å²) < 4.78 is 0. The van der Waals surface area contributed by atoms with Gasteiger partial charge in [-0.2, -0.15) is 0 Å². The first-order valence-electron chi connectivity index (χ1n) is 6.67. The summed E-state index contributed by atoms with van der Waals surface area (Å²) in [7, 11) is 0. The molecule has 1 aliphatic rings. The lowest BCUT2D eigenvalue weighted by molar-refractivity contribution is 0.270. The van der Waals surface area contributed by atoms with Crippen molar-refractivity contribution in [3.05, 3.63) is 16.1 Å². The molecule has 0 aliphatic carbocycles. The minimum Gasteiger partial charge on any atom is -0.370 e. The largest absolute Gasteiger partial charge is 0.370 e. The summed E-state index contributed by atoms with van der Waals surface area (Å²) in [6.45, 7) is 7.10. The molecule has 0 spiro atoms. The van der Waals surface area contributed by atoms with Gasteiger partial charge in [-0.3, -0.25) is 0 Å². The molecule has 6 heteroatoms. The predicted octanol–water partition coefficient (Wildman–Crippen LogP) is 2.87. The van der Waals surface area contributed by atoms with Crippen molar-refractivity contribution in [1.29, 1.82) is 0 Å². The van der Waals surface area contributed by atoms with Crippen LogP contribution in [-0.4, -0.2) is 28.9 Å². The number of rotatable bonds is 3. The Kier molecular flexibility index (Phi) is 7.06. The van der Waals surface area contributed by atoms with Gasteiger partial charge in [-0.05, 0) is 25.2 Å². The third kappa shape index (κ3) is 4.91. The number of likely N-dealkylation sites (tertiary alicyclic amines) is 1. The number of piperidine rings is 1. The van der Waals surface area contributed by atoms with E-state index in [1.165, 1.54) is 17.7 Å². The molecule has 108 valence electrons. The van der Waals surface area contributed by atoms with Crippen LogP contribution >= 0.6 is 35.3 Å². The predicted molar refractivity (Wildman–Crippen MR) is 92.2 cm³/mol. The number of aromatic nitrogens is 1. The van der Waals surface area contributed by atoms with Crippen LogP contribution in [0.5, 0.6) is 0 Å². The van der Waals surface area contributed by atoms with Gasteiger partial charge in [0.2, 0.25) is 0 Å². The monoisotopic (exact) mass is 394 g/mol. The van der Waals surface area contributed by atoms with Gasteiger partial charge in [0.1, 0.15) is 5.01 Å². The van der Waals surface area contributed by atoms with Crippen LogP contribution in [0.3, 0.4) is 0 Å². The highest BCUT2D eigenvalue weighted by Gasteiger charge is 2.17. The van der Waals surface area contributed by atoms with Crippen LogP contribution < -0.4 is 5.73 Å². The first-order chi connectivity index (χ1) is 8.69. The summed E-state index contributed by atoms with van der Waals surface area (Å²) in [4.78, 5) is 12.3. The lowest BCUT2D eigenvalue weighted by Crippen LogP contribution is -2.43. The van der Waals surface area contributed by atoms with Crippen molar-refractivity contribution in [2.75, 3.05) is 13.1 Å². The Labute approximate surface area is 136 Å². The molecule has 19 heavy (non-hydrogen) atoms. The van der Waals surface area contributed by atoms with E-state index in [-0.39, 0.29) is 24.0 Å². The number of aryl methyl sites for hydroxylation is 1. The van der Waals surface area contributed by atoms with Crippen LogP contribution in [-0.2, 0) is 13.0 Å². The maximum absolute atomic E-state index is 6.05. The number of hydrogen-bond acceptors (Lipinski definition) is 3. The van der Waals surface area contributed by atoms with E-state index >= 15 is 0 Å². The first kappa shape index (κ1) is 16.7. The molecule has 0 saturated carbocycles. The van der Waals surface area contributed by atoms with Gasteiger partial charge in [-0.15, -0.1) is 35.3 Å². The Hall–Kier alpha value is -0.370. The van der Waals surface area contributed by atoms with Crippen molar-refractivity contribution >= 4 is 41.3 Å². The average molecular weight is 394 g/mol. The molecular weight excluding hydrogens is 371 g/mol. The molecule has 1 fully saturated rings. The molecule has 1 aliphatic heterocycles. The standard InChI is InChI=1S/C13H22N4S.HI/c1-3-11-7-15-12(18-11)8-16-13(14)17-6-4-5-10(2)9-17;/h7,10H,3-6,8-9H2,1-2H3,(H2,14,16);1H. The topological polar surface area (TPSA) is 54.5 Å². The Morgan fingerprint density at radius 1 is 1.63 bits per heavy atom. The van der Waals surface area contributed by atoms with E-state index in [1.54, 1.807) is 11.3 Å². The fraction of sp³-hybridized carbons (Fsp3) is 0.692. The van der Waals surface area contributed by atoms with Crippen molar-refractivity contribution in [1.82, 2.24) is 9.88 Å². The van der Waals surface area contributed by atoms with Crippen molar-refractivity contribution in [3.63, 3.8) is 0 Å². The molecule has 1 saturated heterocycles. The highest BCUT2D eigenvalue weighted by molar-refractivity contribution is 14.0. The number of hydrogen-bond donors (Lipinski definition) is 1. The fourth-order valence-corrected chi connectivity index (χ4v) is 3.02. The molecule has 0 aromatic carbocycles. The van der Waals surface area contributed by atoms with E-state index in [1.807, 2.05) is 6.20 Å². The smallest absolute Gasteiger partial charge is 0.191 e. The van der Waals surface area contributed by atoms with E-state index in [4.69, 9.17) is 5.73 Å². The zero-order valence-electron chi connectivity index (χ0n) is 11.6. The Morgan fingerprint density at radius 2 is 2.42 bits per heavy atom. The van der Waals surface area contributed by atoms with Crippen molar-refractivity contribution in [3.8, 4) is 0 Å². The number of guanidine groups is 1. The van der Waals surface area contributed by atoms with Gasteiger partial charge >= 0.3 is 0 Å². The summed E-state index contributed by atoms with van der Waals surface area (Å²) in [6, 6.07) is 0. The van der Waals surface area contributed by atoms with E-state index < -0.39 is 0 Å². The molecule has 1 unspecified atom stereocenters. The molecule has 1 aromatic heterocycles. The molecule has 1 aromatic rings. The molecule has 0 bridgehead atoms. The second-order valence-corrected chi connectivity index (χ2v) is 6.14. The summed E-state index contributed by atoms with van der Waals surface area (Å²) in [5, 5.41) is 1.06. The summed E-state index contributed by atoms with van der Waals surface area (Å²) in [5.41, 5.74) is 6.05. The molecule has 2 rings (SSSR count). The number of nitrogens with zero attached hydrogens (tertiary/aromatic N) is 3. The van der Waals surface area contributed by atoms with Gasteiger partial charge in [0.05, 0.1) is 6.54 Å². The third-order valence-electron chi connectivity index (χ3n) is 3.31. The Bertz CT molecular complexity index is 419. The second kappa shape index (κ2) is 8.04. The zero-order chi connectivity index (χ0) is 13.0. The maximum atomic E-state index is 6.05. The lowest BCUT2D eigenvalue weighted by Gasteiger charge is -2.31. The molecule has 1 atom stereocenters. The average Bonchev–Trinajstić information content (AvgIpc) is 2.84. The van der Waals surface area contributed by atoms with Crippen molar-refractivity contribution in [2.45, 2.75) is 39.7 Å². The molecule has 2 N–H and O–H groups in total.